The van der Waals surface area contributed by atoms with Gasteiger partial charge in [0.05, 0.1) is 11.9 Å². The highest BCUT2D eigenvalue weighted by Crippen LogP contribution is 2.19. The van der Waals surface area contributed by atoms with Crippen LogP contribution in [0.3, 0.4) is 0 Å². The first-order valence-electron chi connectivity index (χ1n) is 4.81. The fourth-order valence-electron chi connectivity index (χ4n) is 1.54. The summed E-state index contributed by atoms with van der Waals surface area (Å²) in [4.78, 5) is 2.06. The van der Waals surface area contributed by atoms with E-state index < -0.39 is 0 Å². The molecule has 2 rings (SSSR count). The topological polar surface area (TPSA) is 57.9 Å². The number of H-pyrrole nitrogens is 1. The number of hydrogen-bond acceptors (Lipinski definition) is 3. The maximum absolute atomic E-state index is 5.74. The number of nitrogen functional groups attached to an aromatic ring is 1. The maximum atomic E-state index is 5.74. The van der Waals surface area contributed by atoms with E-state index in [1.54, 1.807) is 6.20 Å². The van der Waals surface area contributed by atoms with Gasteiger partial charge in [-0.1, -0.05) is 30.3 Å². The summed E-state index contributed by atoms with van der Waals surface area (Å²) < 4.78 is 0. The fourth-order valence-corrected chi connectivity index (χ4v) is 1.54. The molecule has 0 aliphatic carbocycles. The Kier molecular flexibility index (Phi) is 2.58. The third-order valence-electron chi connectivity index (χ3n) is 2.32. The van der Waals surface area contributed by atoms with Crippen molar-refractivity contribution in [3.8, 4) is 0 Å². The van der Waals surface area contributed by atoms with Crippen LogP contribution in [-0.2, 0) is 6.54 Å². The molecule has 0 spiro atoms. The van der Waals surface area contributed by atoms with Crippen LogP contribution in [-0.4, -0.2) is 17.2 Å². The number of hydrogen-bond donors (Lipinski definition) is 2. The molecule has 0 saturated heterocycles. The Bertz CT molecular complexity index is 421. The second kappa shape index (κ2) is 4.04. The Labute approximate surface area is 88.7 Å². The van der Waals surface area contributed by atoms with Gasteiger partial charge in [0.1, 0.15) is 5.82 Å². The summed E-state index contributed by atoms with van der Waals surface area (Å²) in [6, 6.07) is 10.2. The highest BCUT2D eigenvalue weighted by Gasteiger charge is 2.06. The molecule has 78 valence electrons. The molecule has 0 aliphatic heterocycles. The summed E-state index contributed by atoms with van der Waals surface area (Å²) in [5.41, 5.74) is 7.92. The predicted octanol–water partition coefficient (Wildman–Crippen LogP) is 1.63. The summed E-state index contributed by atoms with van der Waals surface area (Å²) in [6.07, 6.45) is 1.73. The number of benzene rings is 1. The lowest BCUT2D eigenvalue weighted by Crippen LogP contribution is -2.16. The van der Waals surface area contributed by atoms with Gasteiger partial charge in [-0.05, 0) is 5.56 Å². The Morgan fingerprint density at radius 1 is 1.33 bits per heavy atom. The third-order valence-corrected chi connectivity index (χ3v) is 2.32. The molecular weight excluding hydrogens is 188 g/mol. The Balaban J connectivity index is 2.11. The van der Waals surface area contributed by atoms with Crippen molar-refractivity contribution in [2.24, 2.45) is 0 Å². The molecule has 0 fully saturated rings. The standard InChI is InChI=1S/C11H14N4/c1-15(10-7-13-14-11(10)12)8-9-5-3-2-4-6-9/h2-7H,8H2,1H3,(H3,12,13,14). The summed E-state index contributed by atoms with van der Waals surface area (Å²) in [7, 11) is 1.99. The summed E-state index contributed by atoms with van der Waals surface area (Å²) in [6.45, 7) is 0.824. The van der Waals surface area contributed by atoms with Crippen LogP contribution < -0.4 is 10.6 Å². The van der Waals surface area contributed by atoms with Gasteiger partial charge in [-0.15, -0.1) is 0 Å². The number of anilines is 2. The third kappa shape index (κ3) is 2.10. The summed E-state index contributed by atoms with van der Waals surface area (Å²) >= 11 is 0. The Hall–Kier alpha value is -1.97. The first kappa shape index (κ1) is 9.58. The van der Waals surface area contributed by atoms with Gasteiger partial charge < -0.3 is 10.6 Å². The Morgan fingerprint density at radius 3 is 2.67 bits per heavy atom. The van der Waals surface area contributed by atoms with E-state index in [2.05, 4.69) is 27.2 Å². The number of aromatic amines is 1. The number of nitrogens with one attached hydrogen (secondary N) is 1. The van der Waals surface area contributed by atoms with Crippen LogP contribution in [0.25, 0.3) is 0 Å². The van der Waals surface area contributed by atoms with Crippen molar-refractivity contribution in [2.75, 3.05) is 17.7 Å². The fraction of sp³-hybridized carbons (Fsp3) is 0.182. The number of nitrogens with two attached hydrogens (primary N) is 1. The van der Waals surface area contributed by atoms with E-state index in [9.17, 15) is 0 Å². The van der Waals surface area contributed by atoms with E-state index in [1.807, 2.05) is 25.2 Å². The first-order valence-corrected chi connectivity index (χ1v) is 4.81. The lowest BCUT2D eigenvalue weighted by Gasteiger charge is -2.17. The van der Waals surface area contributed by atoms with E-state index in [4.69, 9.17) is 5.73 Å². The number of rotatable bonds is 3. The van der Waals surface area contributed by atoms with Crippen LogP contribution in [0.15, 0.2) is 36.5 Å². The van der Waals surface area contributed by atoms with Crippen molar-refractivity contribution in [3.05, 3.63) is 42.1 Å². The zero-order chi connectivity index (χ0) is 10.7. The largest absolute Gasteiger partial charge is 0.382 e. The summed E-state index contributed by atoms with van der Waals surface area (Å²) in [5, 5.41) is 6.61. The van der Waals surface area contributed by atoms with E-state index in [0.717, 1.165) is 12.2 Å². The van der Waals surface area contributed by atoms with Gasteiger partial charge in [0.15, 0.2) is 0 Å². The molecule has 4 nitrogen and oxygen atoms in total. The minimum atomic E-state index is 0.605. The van der Waals surface area contributed by atoms with E-state index >= 15 is 0 Å². The number of aromatic nitrogens is 2. The van der Waals surface area contributed by atoms with Gasteiger partial charge in [-0.2, -0.15) is 5.10 Å². The molecule has 1 aromatic carbocycles. The zero-order valence-corrected chi connectivity index (χ0v) is 8.64. The minimum absolute atomic E-state index is 0.605. The molecule has 3 N–H and O–H groups in total. The van der Waals surface area contributed by atoms with Gasteiger partial charge in [0.25, 0.3) is 0 Å². The van der Waals surface area contributed by atoms with Gasteiger partial charge in [-0.3, -0.25) is 5.10 Å². The van der Waals surface area contributed by atoms with Crippen LogP contribution >= 0.6 is 0 Å². The smallest absolute Gasteiger partial charge is 0.142 e. The van der Waals surface area contributed by atoms with Crippen LogP contribution in [0, 0.1) is 0 Å². The van der Waals surface area contributed by atoms with Crippen molar-refractivity contribution < 1.29 is 0 Å². The Morgan fingerprint density at radius 2 is 2.07 bits per heavy atom. The highest BCUT2D eigenvalue weighted by atomic mass is 15.2. The average molecular weight is 202 g/mol. The molecule has 2 aromatic rings. The number of nitrogens with zero attached hydrogens (tertiary/aromatic N) is 2. The van der Waals surface area contributed by atoms with Crippen molar-refractivity contribution in [1.82, 2.24) is 10.2 Å². The molecule has 4 heteroatoms. The molecule has 0 aliphatic rings. The average Bonchev–Trinajstić information content (AvgIpc) is 2.66. The maximum Gasteiger partial charge on any atom is 0.142 e. The van der Waals surface area contributed by atoms with Crippen molar-refractivity contribution in [2.45, 2.75) is 6.54 Å². The molecule has 1 aromatic heterocycles. The lowest BCUT2D eigenvalue weighted by atomic mass is 10.2. The van der Waals surface area contributed by atoms with E-state index in [0.29, 0.717) is 5.82 Å². The quantitative estimate of drug-likeness (QED) is 0.795. The van der Waals surface area contributed by atoms with Gasteiger partial charge >= 0.3 is 0 Å². The second-order valence-electron chi connectivity index (χ2n) is 3.51. The summed E-state index contributed by atoms with van der Waals surface area (Å²) in [5.74, 6) is 0.605. The predicted molar refractivity (Wildman–Crippen MR) is 61.5 cm³/mol. The minimum Gasteiger partial charge on any atom is -0.382 e. The normalized spacial score (nSPS) is 10.2. The van der Waals surface area contributed by atoms with Gasteiger partial charge in [0, 0.05) is 13.6 Å². The monoisotopic (exact) mass is 202 g/mol. The van der Waals surface area contributed by atoms with Crippen LogP contribution in [0.1, 0.15) is 5.56 Å². The molecular formula is C11H14N4. The molecule has 1 heterocycles. The van der Waals surface area contributed by atoms with Crippen LogP contribution in [0.2, 0.25) is 0 Å². The van der Waals surface area contributed by atoms with Crippen molar-refractivity contribution in [3.63, 3.8) is 0 Å². The molecule has 0 atom stereocenters. The molecule has 0 bridgehead atoms. The molecule has 0 unspecified atom stereocenters. The van der Waals surface area contributed by atoms with Crippen molar-refractivity contribution >= 4 is 11.5 Å². The lowest BCUT2D eigenvalue weighted by molar-refractivity contribution is 0.925. The molecule has 0 amide bonds. The van der Waals surface area contributed by atoms with Crippen LogP contribution in [0.4, 0.5) is 11.5 Å². The van der Waals surface area contributed by atoms with E-state index in [-0.39, 0.29) is 0 Å². The zero-order valence-electron chi connectivity index (χ0n) is 8.64. The second-order valence-corrected chi connectivity index (χ2v) is 3.51. The SMILES string of the molecule is CN(Cc1ccccc1)c1cn[nH]c1N. The molecule has 15 heavy (non-hydrogen) atoms. The highest BCUT2D eigenvalue weighted by molar-refractivity contribution is 5.61. The van der Waals surface area contributed by atoms with Crippen LogP contribution in [0.5, 0.6) is 0 Å². The van der Waals surface area contributed by atoms with Gasteiger partial charge in [0.2, 0.25) is 0 Å². The van der Waals surface area contributed by atoms with Crippen molar-refractivity contribution in [1.29, 1.82) is 0 Å². The first-order chi connectivity index (χ1) is 7.27. The molecule has 0 saturated carbocycles. The molecule has 0 radical (unpaired) electrons. The van der Waals surface area contributed by atoms with Gasteiger partial charge in [-0.25, -0.2) is 0 Å². The van der Waals surface area contributed by atoms with E-state index in [1.165, 1.54) is 5.56 Å².